The van der Waals surface area contributed by atoms with Crippen LogP contribution in [0, 0.1) is 0 Å². The summed E-state index contributed by atoms with van der Waals surface area (Å²) in [6.45, 7) is -2.10. The van der Waals surface area contributed by atoms with E-state index < -0.39 is 112 Å². The van der Waals surface area contributed by atoms with Crippen LogP contribution in [0.3, 0.4) is 0 Å². The second kappa shape index (κ2) is 23.3. The van der Waals surface area contributed by atoms with Gasteiger partial charge in [-0.2, -0.15) is 0 Å². The van der Waals surface area contributed by atoms with Gasteiger partial charge in [0.15, 0.2) is 0 Å². The molecule has 63 heavy (non-hydrogen) atoms. The molecule has 7 N–H and O–H groups in total. The predicted molar refractivity (Wildman–Crippen MR) is 212 cm³/mol. The van der Waals surface area contributed by atoms with E-state index in [2.05, 4.69) is 35.7 Å². The molecule has 8 amide bonds. The van der Waals surface area contributed by atoms with Gasteiger partial charge < -0.3 is 14.7 Å². The van der Waals surface area contributed by atoms with Crippen LogP contribution in [0.25, 0.3) is 0 Å². The Bertz CT molecular complexity index is 1980. The van der Waals surface area contributed by atoms with E-state index in [1.807, 2.05) is 0 Å². The highest BCUT2D eigenvalue weighted by molar-refractivity contribution is 7.58. The fourth-order valence-electron chi connectivity index (χ4n) is 5.59. The topological polar surface area (TPSA) is 358 Å². The third-order valence-corrected chi connectivity index (χ3v) is 12.7. The molecule has 0 aromatic rings. The zero-order valence-electron chi connectivity index (χ0n) is 33.2. The quantitative estimate of drug-likeness (QED) is 0.00612. The Kier molecular flexibility index (Phi) is 18.3. The lowest BCUT2D eigenvalue weighted by molar-refractivity contribution is -0.160. The van der Waals surface area contributed by atoms with Crippen LogP contribution in [-0.2, 0) is 71.3 Å². The van der Waals surface area contributed by atoms with Crippen molar-refractivity contribution < 1.29 is 76.6 Å². The Morgan fingerprint density at radius 1 is 0.429 bits per heavy atom. The lowest BCUT2D eigenvalue weighted by Crippen LogP contribution is -2.42. The first-order valence-electron chi connectivity index (χ1n) is 18.9. The standard InChI is InChI=1S/C34H43N11O16P2/c46-24-2-3-25(47)42(24)19-15-37-62(58,38-16-20-43-26(48)4-5-27(43)49)35-13-11-33(55)60-23(41-57)1-10-32(54)61-34(56)12-14-36-63(59,39-17-21-44-28(50)6-7-29(44)51)40-18-22-45-30(52)8-9-31(45)53/h2-9,57H,1,10-22H2,(H3,35,37,38,58)(H3,36,39,40,59)/b41-23-. The zero-order chi connectivity index (χ0) is 46.2. The fourth-order valence-corrected chi connectivity index (χ4v) is 8.77. The summed E-state index contributed by atoms with van der Waals surface area (Å²) in [5.41, 5.74) is 0. The van der Waals surface area contributed by atoms with Crippen LogP contribution >= 0.6 is 15.2 Å². The molecule has 4 aliphatic heterocycles. The molecule has 0 atom stereocenters. The van der Waals surface area contributed by atoms with Crippen molar-refractivity contribution in [1.29, 1.82) is 0 Å². The molecule has 4 aliphatic rings. The van der Waals surface area contributed by atoms with Crippen LogP contribution in [0.15, 0.2) is 53.8 Å². The van der Waals surface area contributed by atoms with Gasteiger partial charge in [-0.1, -0.05) is 5.16 Å². The van der Waals surface area contributed by atoms with Crippen molar-refractivity contribution in [2.45, 2.75) is 25.7 Å². The molecule has 0 aliphatic carbocycles. The number of nitrogens with one attached hydrogen (secondary N) is 6. The third kappa shape index (κ3) is 15.3. The van der Waals surface area contributed by atoms with E-state index in [1.54, 1.807) is 0 Å². The fraction of sp³-hybridized carbons (Fsp3) is 0.412. The summed E-state index contributed by atoms with van der Waals surface area (Å²) in [7, 11) is -7.69. The maximum Gasteiger partial charge on any atom is 0.314 e. The van der Waals surface area contributed by atoms with Crippen LogP contribution in [0.4, 0.5) is 0 Å². The molecule has 0 saturated heterocycles. The van der Waals surface area contributed by atoms with Gasteiger partial charge in [0.1, 0.15) is 0 Å². The van der Waals surface area contributed by atoms with E-state index in [0.717, 1.165) is 68.2 Å². The zero-order valence-corrected chi connectivity index (χ0v) is 35.0. The van der Waals surface area contributed by atoms with E-state index in [9.17, 15) is 67.1 Å². The number of hydrogen-bond acceptors (Lipinski definition) is 17. The summed E-state index contributed by atoms with van der Waals surface area (Å²) >= 11 is 0. The van der Waals surface area contributed by atoms with Crippen molar-refractivity contribution >= 4 is 86.3 Å². The van der Waals surface area contributed by atoms with Crippen LogP contribution in [0.2, 0.25) is 0 Å². The molecule has 4 heterocycles. The largest absolute Gasteiger partial charge is 0.408 e. The molecule has 0 radical (unpaired) electrons. The Hall–Kier alpha value is -6.18. The maximum atomic E-state index is 13.6. The Labute approximate surface area is 357 Å². The first kappa shape index (κ1) is 49.5. The van der Waals surface area contributed by atoms with E-state index in [1.165, 1.54) is 0 Å². The Morgan fingerprint density at radius 2 is 0.683 bits per heavy atom. The van der Waals surface area contributed by atoms with Crippen LogP contribution in [0.1, 0.15) is 25.7 Å². The summed E-state index contributed by atoms with van der Waals surface area (Å²) < 4.78 is 36.9. The minimum absolute atomic E-state index is 0.174. The van der Waals surface area contributed by atoms with Crippen molar-refractivity contribution in [1.82, 2.24) is 50.1 Å². The van der Waals surface area contributed by atoms with Crippen molar-refractivity contribution in [2.24, 2.45) is 5.16 Å². The van der Waals surface area contributed by atoms with Crippen molar-refractivity contribution in [3.8, 4) is 0 Å². The normalized spacial score (nSPS) is 16.6. The van der Waals surface area contributed by atoms with Crippen molar-refractivity contribution in [2.75, 3.05) is 65.4 Å². The number of hydrogen-bond donors (Lipinski definition) is 7. The number of rotatable bonds is 27. The highest BCUT2D eigenvalue weighted by Crippen LogP contribution is 2.30. The number of ether oxygens (including phenoxy) is 2. The van der Waals surface area contributed by atoms with Gasteiger partial charge in [0.05, 0.1) is 19.3 Å². The number of carbonyl (C=O) groups excluding carboxylic acids is 11. The maximum absolute atomic E-state index is 13.6. The average Bonchev–Trinajstić information content (AvgIpc) is 3.95. The lowest BCUT2D eigenvalue weighted by Gasteiger charge is -2.24. The summed E-state index contributed by atoms with van der Waals surface area (Å²) in [5.74, 6) is -8.49. The molecule has 0 saturated carbocycles. The van der Waals surface area contributed by atoms with Crippen LogP contribution in [-0.4, -0.2) is 161 Å². The molecule has 4 rings (SSSR count). The first-order valence-corrected chi connectivity index (χ1v) is 22.3. The van der Waals surface area contributed by atoms with Gasteiger partial charge in [-0.15, -0.1) is 0 Å². The van der Waals surface area contributed by atoms with Crippen LogP contribution < -0.4 is 30.5 Å². The van der Waals surface area contributed by atoms with E-state index >= 15 is 0 Å². The van der Waals surface area contributed by atoms with Gasteiger partial charge in [0, 0.05) is 120 Å². The van der Waals surface area contributed by atoms with Gasteiger partial charge in [0.25, 0.3) is 62.4 Å². The third-order valence-electron chi connectivity index (χ3n) is 8.72. The second-order valence-electron chi connectivity index (χ2n) is 13.1. The van der Waals surface area contributed by atoms with Crippen molar-refractivity contribution in [3.63, 3.8) is 0 Å². The van der Waals surface area contributed by atoms with Crippen LogP contribution in [0.5, 0.6) is 0 Å². The van der Waals surface area contributed by atoms with Crippen molar-refractivity contribution in [3.05, 3.63) is 48.6 Å². The number of esters is 3. The van der Waals surface area contributed by atoms with Gasteiger partial charge >= 0.3 is 17.9 Å². The summed E-state index contributed by atoms with van der Waals surface area (Å²) in [6, 6.07) is 0. The number of oxime groups is 1. The molecule has 0 aromatic carbocycles. The molecule has 0 unspecified atom stereocenters. The molecule has 0 fully saturated rings. The molecule has 29 heteroatoms. The molecular formula is C34H43N11O16P2. The summed E-state index contributed by atoms with van der Waals surface area (Å²) in [6.07, 6.45) is 6.39. The molecular weight excluding hydrogens is 880 g/mol. The van der Waals surface area contributed by atoms with Gasteiger partial charge in [-0.25, -0.2) is 30.5 Å². The number of nitrogens with zero attached hydrogens (tertiary/aromatic N) is 5. The summed E-state index contributed by atoms with van der Waals surface area (Å²) in [4.78, 5) is 136. The smallest absolute Gasteiger partial charge is 0.314 e. The predicted octanol–water partition coefficient (Wildman–Crippen LogP) is -3.60. The van der Waals surface area contributed by atoms with Gasteiger partial charge in [-0.3, -0.25) is 81.5 Å². The summed E-state index contributed by atoms with van der Waals surface area (Å²) in [5, 5.41) is 27.8. The number of imide groups is 4. The number of amides is 8. The molecule has 0 aromatic heterocycles. The molecule has 0 spiro atoms. The van der Waals surface area contributed by atoms with E-state index in [0.29, 0.717) is 0 Å². The van der Waals surface area contributed by atoms with Gasteiger partial charge in [0.2, 0.25) is 5.90 Å². The second-order valence-corrected chi connectivity index (χ2v) is 17.5. The minimum atomic E-state index is -3.84. The highest BCUT2D eigenvalue weighted by Gasteiger charge is 2.30. The Balaban J connectivity index is 1.18. The molecule has 0 bridgehead atoms. The SMILES string of the molecule is O=C(CCNP(=O)(NCCN1C(=O)C=CC1=O)NCCN1C(=O)C=CC1=O)OC(=O)CC/C(=N/O)OC(=O)CCNP(=O)(NCCN1C(=O)C=CC1=O)NCCN1C(=O)C=CC1=O. The lowest BCUT2D eigenvalue weighted by atomic mass is 10.3. The average molecular weight is 924 g/mol. The highest BCUT2D eigenvalue weighted by atomic mass is 31.2. The van der Waals surface area contributed by atoms with E-state index in [-0.39, 0.29) is 65.4 Å². The molecule has 340 valence electrons. The molecule has 27 nitrogen and oxygen atoms in total. The van der Waals surface area contributed by atoms with E-state index in [4.69, 9.17) is 9.47 Å². The Morgan fingerprint density at radius 3 is 0.968 bits per heavy atom. The van der Waals surface area contributed by atoms with Gasteiger partial charge in [-0.05, 0) is 0 Å². The monoisotopic (exact) mass is 923 g/mol. The minimum Gasteiger partial charge on any atom is -0.408 e. The first-order chi connectivity index (χ1) is 29.9. The number of carbonyl (C=O) groups is 11.